The summed E-state index contributed by atoms with van der Waals surface area (Å²) in [6.45, 7) is 2.56. The SMILES string of the molecule is CN(CC1CCOC1)c1cc(Cl)ccc1C#N. The van der Waals surface area contributed by atoms with Crippen molar-refractivity contribution in [1.29, 1.82) is 5.26 Å². The van der Waals surface area contributed by atoms with Gasteiger partial charge in [0.2, 0.25) is 0 Å². The van der Waals surface area contributed by atoms with Crippen molar-refractivity contribution < 1.29 is 4.74 Å². The van der Waals surface area contributed by atoms with Gasteiger partial charge in [0.1, 0.15) is 6.07 Å². The first-order chi connectivity index (χ1) is 8.20. The topological polar surface area (TPSA) is 36.3 Å². The van der Waals surface area contributed by atoms with Crippen molar-refractivity contribution in [3.05, 3.63) is 28.8 Å². The van der Waals surface area contributed by atoms with Crippen molar-refractivity contribution >= 4 is 17.3 Å². The Kier molecular flexibility index (Phi) is 3.88. The van der Waals surface area contributed by atoms with Crippen LogP contribution in [0.3, 0.4) is 0 Å². The number of hydrogen-bond donors (Lipinski definition) is 0. The lowest BCUT2D eigenvalue weighted by Crippen LogP contribution is -2.26. The minimum absolute atomic E-state index is 0.547. The Balaban J connectivity index is 2.14. The third-order valence-corrected chi connectivity index (χ3v) is 3.28. The second-order valence-corrected chi connectivity index (χ2v) is 4.82. The van der Waals surface area contributed by atoms with E-state index in [1.54, 1.807) is 12.1 Å². The minimum atomic E-state index is 0.547. The number of nitriles is 1. The Morgan fingerprint density at radius 1 is 1.59 bits per heavy atom. The standard InChI is InChI=1S/C13H15ClN2O/c1-16(8-10-4-5-17-9-10)13-6-12(14)3-2-11(13)7-15/h2-3,6,10H,4-5,8-9H2,1H3. The van der Waals surface area contributed by atoms with Crippen LogP contribution in [0.5, 0.6) is 0 Å². The average Bonchev–Trinajstić information content (AvgIpc) is 2.81. The van der Waals surface area contributed by atoms with E-state index in [-0.39, 0.29) is 0 Å². The molecule has 0 bridgehead atoms. The first kappa shape index (κ1) is 12.2. The number of ether oxygens (including phenoxy) is 1. The zero-order valence-corrected chi connectivity index (χ0v) is 10.6. The molecular weight excluding hydrogens is 236 g/mol. The summed E-state index contributed by atoms with van der Waals surface area (Å²) in [5.41, 5.74) is 1.56. The first-order valence-electron chi connectivity index (χ1n) is 5.69. The Labute approximate surface area is 107 Å². The van der Waals surface area contributed by atoms with Crippen molar-refractivity contribution in [3.8, 4) is 6.07 Å². The van der Waals surface area contributed by atoms with Gasteiger partial charge in [0.05, 0.1) is 17.9 Å². The average molecular weight is 251 g/mol. The summed E-state index contributed by atoms with van der Waals surface area (Å²) in [5, 5.41) is 9.74. The number of benzene rings is 1. The highest BCUT2D eigenvalue weighted by Gasteiger charge is 2.19. The van der Waals surface area contributed by atoms with Crippen LogP contribution in [0.2, 0.25) is 5.02 Å². The summed E-state index contributed by atoms with van der Waals surface area (Å²) in [7, 11) is 1.99. The van der Waals surface area contributed by atoms with Gasteiger partial charge in [0.15, 0.2) is 0 Å². The van der Waals surface area contributed by atoms with Crippen molar-refractivity contribution in [2.45, 2.75) is 6.42 Å². The maximum atomic E-state index is 9.07. The van der Waals surface area contributed by atoms with Crippen LogP contribution < -0.4 is 4.90 Å². The lowest BCUT2D eigenvalue weighted by Gasteiger charge is -2.23. The summed E-state index contributed by atoms with van der Waals surface area (Å²) in [5.74, 6) is 0.547. The molecule has 1 aliphatic heterocycles. The summed E-state index contributed by atoms with van der Waals surface area (Å²) in [4.78, 5) is 2.09. The second kappa shape index (κ2) is 5.39. The number of halogens is 1. The normalized spacial score (nSPS) is 19.0. The van der Waals surface area contributed by atoms with E-state index in [0.29, 0.717) is 16.5 Å². The van der Waals surface area contributed by atoms with E-state index in [1.807, 2.05) is 13.1 Å². The van der Waals surface area contributed by atoms with Crippen molar-refractivity contribution in [2.24, 2.45) is 5.92 Å². The zero-order valence-electron chi connectivity index (χ0n) is 9.82. The molecule has 2 rings (SSSR count). The van der Waals surface area contributed by atoms with Crippen molar-refractivity contribution in [1.82, 2.24) is 0 Å². The Morgan fingerprint density at radius 3 is 3.06 bits per heavy atom. The highest BCUT2D eigenvalue weighted by Crippen LogP contribution is 2.25. The molecule has 1 atom stereocenters. The zero-order chi connectivity index (χ0) is 12.3. The molecule has 90 valence electrons. The van der Waals surface area contributed by atoms with E-state index >= 15 is 0 Å². The van der Waals surface area contributed by atoms with Gasteiger partial charge in [-0.2, -0.15) is 5.26 Å². The molecule has 17 heavy (non-hydrogen) atoms. The quantitative estimate of drug-likeness (QED) is 0.828. The lowest BCUT2D eigenvalue weighted by atomic mass is 10.1. The van der Waals surface area contributed by atoms with E-state index in [1.165, 1.54) is 0 Å². The Morgan fingerprint density at radius 2 is 2.41 bits per heavy atom. The molecule has 1 aliphatic rings. The third-order valence-electron chi connectivity index (χ3n) is 3.05. The molecule has 0 spiro atoms. The monoisotopic (exact) mass is 250 g/mol. The van der Waals surface area contributed by atoms with Crippen LogP contribution in [0, 0.1) is 17.2 Å². The fourth-order valence-corrected chi connectivity index (χ4v) is 2.29. The number of rotatable bonds is 3. The van der Waals surface area contributed by atoms with Gasteiger partial charge in [-0.1, -0.05) is 11.6 Å². The van der Waals surface area contributed by atoms with Gasteiger partial charge in [0.25, 0.3) is 0 Å². The molecule has 1 fully saturated rings. The number of hydrogen-bond acceptors (Lipinski definition) is 3. The predicted octanol–water partition coefficient (Wildman–Crippen LogP) is 2.68. The molecule has 1 saturated heterocycles. The summed E-state index contributed by atoms with van der Waals surface area (Å²) >= 11 is 5.97. The van der Waals surface area contributed by atoms with E-state index in [0.717, 1.165) is 31.9 Å². The fraction of sp³-hybridized carbons (Fsp3) is 0.462. The number of nitrogens with zero attached hydrogens (tertiary/aromatic N) is 2. The van der Waals surface area contributed by atoms with E-state index in [4.69, 9.17) is 21.6 Å². The summed E-state index contributed by atoms with van der Waals surface area (Å²) < 4.78 is 5.36. The smallest absolute Gasteiger partial charge is 0.101 e. The van der Waals surface area contributed by atoms with Crippen molar-refractivity contribution in [2.75, 3.05) is 31.7 Å². The van der Waals surface area contributed by atoms with Crippen LogP contribution in [-0.4, -0.2) is 26.8 Å². The van der Waals surface area contributed by atoms with Gasteiger partial charge in [0, 0.05) is 31.1 Å². The first-order valence-corrected chi connectivity index (χ1v) is 6.07. The molecule has 1 aromatic carbocycles. The molecule has 0 aromatic heterocycles. The molecule has 1 unspecified atom stereocenters. The van der Waals surface area contributed by atoms with Gasteiger partial charge < -0.3 is 9.64 Å². The molecular formula is C13H15ClN2O. The molecule has 1 aromatic rings. The van der Waals surface area contributed by atoms with E-state index in [2.05, 4.69) is 11.0 Å². The summed E-state index contributed by atoms with van der Waals surface area (Å²) in [6, 6.07) is 7.55. The number of anilines is 1. The van der Waals surface area contributed by atoms with E-state index in [9.17, 15) is 0 Å². The van der Waals surface area contributed by atoms with Crippen LogP contribution in [0.1, 0.15) is 12.0 Å². The van der Waals surface area contributed by atoms with Gasteiger partial charge in [-0.25, -0.2) is 0 Å². The van der Waals surface area contributed by atoms with Gasteiger partial charge >= 0.3 is 0 Å². The second-order valence-electron chi connectivity index (χ2n) is 4.38. The van der Waals surface area contributed by atoms with Crippen LogP contribution in [0.4, 0.5) is 5.69 Å². The van der Waals surface area contributed by atoms with Crippen LogP contribution >= 0.6 is 11.6 Å². The molecule has 4 heteroatoms. The molecule has 0 saturated carbocycles. The van der Waals surface area contributed by atoms with Crippen molar-refractivity contribution in [3.63, 3.8) is 0 Å². The highest BCUT2D eigenvalue weighted by molar-refractivity contribution is 6.30. The lowest BCUT2D eigenvalue weighted by molar-refractivity contribution is 0.186. The van der Waals surface area contributed by atoms with Gasteiger partial charge in [-0.05, 0) is 24.6 Å². The molecule has 1 heterocycles. The molecule has 0 amide bonds. The van der Waals surface area contributed by atoms with Crippen LogP contribution in [0.25, 0.3) is 0 Å². The molecule has 0 N–H and O–H groups in total. The van der Waals surface area contributed by atoms with E-state index < -0.39 is 0 Å². The summed E-state index contributed by atoms with van der Waals surface area (Å²) in [6.07, 6.45) is 1.09. The van der Waals surface area contributed by atoms with Gasteiger partial charge in [-0.3, -0.25) is 0 Å². The maximum Gasteiger partial charge on any atom is 0.101 e. The maximum absolute atomic E-state index is 9.07. The molecule has 0 aliphatic carbocycles. The molecule has 3 nitrogen and oxygen atoms in total. The predicted molar refractivity (Wildman–Crippen MR) is 68.4 cm³/mol. The van der Waals surface area contributed by atoms with Crippen LogP contribution in [-0.2, 0) is 4.74 Å². The fourth-order valence-electron chi connectivity index (χ4n) is 2.13. The Bertz CT molecular complexity index is 436. The Hall–Kier alpha value is -1.24. The van der Waals surface area contributed by atoms with Gasteiger partial charge in [-0.15, -0.1) is 0 Å². The molecule has 0 radical (unpaired) electrons. The highest BCUT2D eigenvalue weighted by atomic mass is 35.5. The third kappa shape index (κ3) is 2.91. The van der Waals surface area contributed by atoms with Crippen LogP contribution in [0.15, 0.2) is 18.2 Å². The minimum Gasteiger partial charge on any atom is -0.381 e. The largest absolute Gasteiger partial charge is 0.381 e.